The van der Waals surface area contributed by atoms with Crippen LogP contribution in [0.25, 0.3) is 10.9 Å². The first-order valence-corrected chi connectivity index (χ1v) is 6.23. The molecule has 20 heavy (non-hydrogen) atoms. The van der Waals surface area contributed by atoms with Gasteiger partial charge in [-0.3, -0.25) is 4.79 Å². The van der Waals surface area contributed by atoms with Crippen LogP contribution < -0.4 is 10.3 Å². The summed E-state index contributed by atoms with van der Waals surface area (Å²) in [5.74, 6) is 0.783. The van der Waals surface area contributed by atoms with Crippen molar-refractivity contribution in [2.45, 2.75) is 6.54 Å². The number of nitrogens with zero attached hydrogens (tertiary/aromatic N) is 3. The lowest BCUT2D eigenvalue weighted by molar-refractivity contribution is 0.414. The van der Waals surface area contributed by atoms with Gasteiger partial charge in [0.05, 0.1) is 19.0 Å². The predicted octanol–water partition coefficient (Wildman–Crippen LogP) is 1.85. The summed E-state index contributed by atoms with van der Waals surface area (Å²) in [6.45, 7) is 0.390. The van der Waals surface area contributed by atoms with Gasteiger partial charge in [-0.05, 0) is 29.8 Å². The zero-order valence-corrected chi connectivity index (χ0v) is 11.0. The number of benzene rings is 2. The van der Waals surface area contributed by atoms with Crippen LogP contribution in [0.1, 0.15) is 5.56 Å². The number of aromatic nitrogens is 3. The molecule has 0 saturated carbocycles. The highest BCUT2D eigenvalue weighted by atomic mass is 16.5. The molecule has 5 heteroatoms. The number of hydrogen-bond donors (Lipinski definition) is 0. The largest absolute Gasteiger partial charge is 0.497 e. The second-order valence-corrected chi connectivity index (χ2v) is 4.42. The standard InChI is InChI=1S/C15H13N3O2/c1-20-12-8-6-11(7-9-12)10-18-15(19)13-4-2-3-5-14(13)16-17-18/h2-9H,10H2,1H3. The highest BCUT2D eigenvalue weighted by molar-refractivity contribution is 5.76. The highest BCUT2D eigenvalue weighted by Gasteiger charge is 2.05. The summed E-state index contributed by atoms with van der Waals surface area (Å²) < 4.78 is 6.47. The summed E-state index contributed by atoms with van der Waals surface area (Å²) in [5.41, 5.74) is 1.45. The second kappa shape index (κ2) is 5.13. The Morgan fingerprint density at radius 2 is 1.85 bits per heavy atom. The van der Waals surface area contributed by atoms with Gasteiger partial charge in [-0.15, -0.1) is 5.10 Å². The van der Waals surface area contributed by atoms with E-state index in [2.05, 4.69) is 10.3 Å². The van der Waals surface area contributed by atoms with E-state index in [4.69, 9.17) is 4.74 Å². The third-order valence-electron chi connectivity index (χ3n) is 3.12. The van der Waals surface area contributed by atoms with Gasteiger partial charge in [-0.1, -0.05) is 29.5 Å². The van der Waals surface area contributed by atoms with Gasteiger partial charge >= 0.3 is 0 Å². The molecular weight excluding hydrogens is 254 g/mol. The fraction of sp³-hybridized carbons (Fsp3) is 0.133. The third kappa shape index (κ3) is 2.25. The van der Waals surface area contributed by atoms with Gasteiger partial charge in [0.25, 0.3) is 5.56 Å². The predicted molar refractivity (Wildman–Crippen MR) is 75.9 cm³/mol. The monoisotopic (exact) mass is 267 g/mol. The highest BCUT2D eigenvalue weighted by Crippen LogP contribution is 2.12. The van der Waals surface area contributed by atoms with Crippen LogP contribution in [0.4, 0.5) is 0 Å². The first-order valence-electron chi connectivity index (χ1n) is 6.23. The van der Waals surface area contributed by atoms with Crippen molar-refractivity contribution >= 4 is 10.9 Å². The first-order chi connectivity index (χ1) is 9.78. The summed E-state index contributed by atoms with van der Waals surface area (Å²) in [6, 6.07) is 14.7. The molecule has 100 valence electrons. The maximum absolute atomic E-state index is 12.3. The molecule has 0 aliphatic heterocycles. The molecule has 0 bridgehead atoms. The maximum Gasteiger partial charge on any atom is 0.277 e. The van der Waals surface area contributed by atoms with Gasteiger partial charge in [0, 0.05) is 0 Å². The Morgan fingerprint density at radius 1 is 1.10 bits per heavy atom. The second-order valence-electron chi connectivity index (χ2n) is 4.42. The molecule has 3 aromatic rings. The Bertz CT molecular complexity index is 794. The van der Waals surface area contributed by atoms with Gasteiger partial charge in [-0.2, -0.15) is 0 Å². The Morgan fingerprint density at radius 3 is 2.60 bits per heavy atom. The molecule has 5 nitrogen and oxygen atoms in total. The minimum atomic E-state index is -0.133. The molecule has 0 amide bonds. The van der Waals surface area contributed by atoms with Crippen molar-refractivity contribution in [1.29, 1.82) is 0 Å². The molecule has 0 spiro atoms. The Labute approximate surface area is 115 Å². The van der Waals surface area contributed by atoms with Crippen molar-refractivity contribution in [2.75, 3.05) is 7.11 Å². The topological polar surface area (TPSA) is 57.0 Å². The Balaban J connectivity index is 1.98. The first kappa shape index (κ1) is 12.3. The maximum atomic E-state index is 12.3. The molecule has 3 rings (SSSR count). The van der Waals surface area contributed by atoms with Crippen LogP contribution in [0.3, 0.4) is 0 Å². The Hall–Kier alpha value is -2.69. The molecule has 0 N–H and O–H groups in total. The van der Waals surface area contributed by atoms with Crippen molar-refractivity contribution < 1.29 is 4.74 Å². The van der Waals surface area contributed by atoms with E-state index < -0.39 is 0 Å². The lowest BCUT2D eigenvalue weighted by Gasteiger charge is -2.06. The van der Waals surface area contributed by atoms with Gasteiger partial charge in [-0.25, -0.2) is 4.68 Å². The average molecular weight is 267 g/mol. The molecule has 0 fully saturated rings. The third-order valence-corrected chi connectivity index (χ3v) is 3.12. The smallest absolute Gasteiger partial charge is 0.277 e. The van der Waals surface area contributed by atoms with E-state index in [0.29, 0.717) is 17.4 Å². The minimum Gasteiger partial charge on any atom is -0.497 e. The van der Waals surface area contributed by atoms with Crippen molar-refractivity contribution in [3.8, 4) is 5.75 Å². The number of methoxy groups -OCH3 is 1. The molecule has 0 atom stereocenters. The average Bonchev–Trinajstić information content (AvgIpc) is 2.51. The summed E-state index contributed by atoms with van der Waals surface area (Å²) in [7, 11) is 1.62. The quantitative estimate of drug-likeness (QED) is 0.726. The zero-order valence-electron chi connectivity index (χ0n) is 11.0. The zero-order chi connectivity index (χ0) is 13.9. The lowest BCUT2D eigenvalue weighted by Crippen LogP contribution is -2.24. The fourth-order valence-electron chi connectivity index (χ4n) is 2.03. The van der Waals surface area contributed by atoms with Gasteiger partial charge in [0.15, 0.2) is 0 Å². The van der Waals surface area contributed by atoms with E-state index in [-0.39, 0.29) is 5.56 Å². The summed E-state index contributed by atoms with van der Waals surface area (Å²) in [6.07, 6.45) is 0. The number of hydrogen-bond acceptors (Lipinski definition) is 4. The molecule has 0 unspecified atom stereocenters. The molecule has 1 aromatic heterocycles. The molecule has 0 saturated heterocycles. The van der Waals surface area contributed by atoms with Gasteiger partial charge in [0.2, 0.25) is 0 Å². The normalized spacial score (nSPS) is 10.7. The molecule has 2 aromatic carbocycles. The van der Waals surface area contributed by atoms with Gasteiger partial charge in [0.1, 0.15) is 11.3 Å². The lowest BCUT2D eigenvalue weighted by atomic mass is 10.2. The van der Waals surface area contributed by atoms with Crippen LogP contribution in [0.2, 0.25) is 0 Å². The van der Waals surface area contributed by atoms with Crippen LogP contribution in [-0.4, -0.2) is 22.1 Å². The van der Waals surface area contributed by atoms with Gasteiger partial charge < -0.3 is 4.74 Å². The number of ether oxygens (including phenoxy) is 1. The SMILES string of the molecule is COc1ccc(Cn2nnc3ccccc3c2=O)cc1. The summed E-state index contributed by atoms with van der Waals surface area (Å²) >= 11 is 0. The van der Waals surface area contributed by atoms with Crippen LogP contribution in [-0.2, 0) is 6.54 Å². The summed E-state index contributed by atoms with van der Waals surface area (Å²) in [5, 5.41) is 8.61. The van der Waals surface area contributed by atoms with Crippen molar-refractivity contribution in [1.82, 2.24) is 15.0 Å². The summed E-state index contributed by atoms with van der Waals surface area (Å²) in [4.78, 5) is 12.3. The van der Waals surface area contributed by atoms with Crippen LogP contribution in [0.5, 0.6) is 5.75 Å². The molecule has 0 radical (unpaired) electrons. The van der Waals surface area contributed by atoms with E-state index in [1.165, 1.54) is 4.68 Å². The Kier molecular flexibility index (Phi) is 3.16. The number of fused-ring (bicyclic) bond motifs is 1. The van der Waals surface area contributed by atoms with Crippen molar-refractivity contribution in [3.05, 3.63) is 64.4 Å². The molecule has 0 aliphatic rings. The minimum absolute atomic E-state index is 0.133. The molecule has 0 aliphatic carbocycles. The number of rotatable bonds is 3. The fourth-order valence-corrected chi connectivity index (χ4v) is 2.03. The van der Waals surface area contributed by atoms with Crippen LogP contribution in [0, 0.1) is 0 Å². The molecule has 1 heterocycles. The van der Waals surface area contributed by atoms with E-state index in [9.17, 15) is 4.79 Å². The van der Waals surface area contributed by atoms with Crippen LogP contribution >= 0.6 is 0 Å². The van der Waals surface area contributed by atoms with E-state index in [1.54, 1.807) is 19.2 Å². The van der Waals surface area contributed by atoms with Crippen LogP contribution in [0.15, 0.2) is 53.3 Å². The van der Waals surface area contributed by atoms with Crippen molar-refractivity contribution in [3.63, 3.8) is 0 Å². The van der Waals surface area contributed by atoms with E-state index in [0.717, 1.165) is 11.3 Å². The van der Waals surface area contributed by atoms with E-state index >= 15 is 0 Å². The van der Waals surface area contributed by atoms with Crippen molar-refractivity contribution in [2.24, 2.45) is 0 Å². The van der Waals surface area contributed by atoms with E-state index in [1.807, 2.05) is 36.4 Å². The molecular formula is C15H13N3O2.